The van der Waals surface area contributed by atoms with Gasteiger partial charge in [-0.05, 0) is 61.0 Å². The average Bonchev–Trinajstić information content (AvgIpc) is 3.25. The number of para-hydroxylation sites is 1. The van der Waals surface area contributed by atoms with Crippen LogP contribution in [0.2, 0.25) is 0 Å². The molecule has 178 valence electrons. The van der Waals surface area contributed by atoms with Crippen LogP contribution in [-0.4, -0.2) is 22.3 Å². The Labute approximate surface area is 197 Å². The fourth-order valence-corrected chi connectivity index (χ4v) is 4.35. The number of fused-ring (bicyclic) bond motifs is 1. The molecule has 3 nitrogen and oxygen atoms in total. The minimum Gasteiger partial charge on any atom is -0.390 e. The Morgan fingerprint density at radius 2 is 1.53 bits per heavy atom. The van der Waals surface area contributed by atoms with Gasteiger partial charge in [-0.1, -0.05) is 60.7 Å². The van der Waals surface area contributed by atoms with E-state index in [0.29, 0.717) is 12.0 Å². The van der Waals surface area contributed by atoms with E-state index in [0.717, 1.165) is 22.5 Å². The number of halogens is 3. The first-order chi connectivity index (χ1) is 16.1. The number of nitrogens with one attached hydrogen (secondary N) is 1. The van der Waals surface area contributed by atoms with Crippen molar-refractivity contribution in [3.8, 4) is 0 Å². The highest BCUT2D eigenvalue weighted by Crippen LogP contribution is 2.32. The fourth-order valence-electron chi connectivity index (χ4n) is 4.35. The van der Waals surface area contributed by atoms with Crippen molar-refractivity contribution in [2.75, 3.05) is 6.54 Å². The largest absolute Gasteiger partial charge is 0.416 e. The van der Waals surface area contributed by atoms with E-state index in [9.17, 15) is 18.3 Å². The molecule has 0 aliphatic carbocycles. The number of aliphatic hydroxyl groups excluding tert-OH is 1. The van der Waals surface area contributed by atoms with E-state index < -0.39 is 23.4 Å². The number of alkyl halides is 3. The van der Waals surface area contributed by atoms with E-state index in [2.05, 4.69) is 9.88 Å². The van der Waals surface area contributed by atoms with Gasteiger partial charge < -0.3 is 15.0 Å². The van der Waals surface area contributed by atoms with Gasteiger partial charge in [0.15, 0.2) is 0 Å². The molecule has 0 amide bonds. The highest BCUT2D eigenvalue weighted by molar-refractivity contribution is 5.80. The molecule has 34 heavy (non-hydrogen) atoms. The van der Waals surface area contributed by atoms with Crippen LogP contribution in [0, 0.1) is 0 Å². The van der Waals surface area contributed by atoms with Crippen LogP contribution in [0.15, 0.2) is 91.1 Å². The zero-order valence-electron chi connectivity index (χ0n) is 19.3. The third kappa shape index (κ3) is 5.34. The third-order valence-corrected chi connectivity index (χ3v) is 6.38. The molecule has 2 atom stereocenters. The first-order valence-electron chi connectivity index (χ1n) is 11.4. The standard InChI is InChI=1S/C28H29F3N2O/c1-27(2,22-12-8-13-23(18-22)28(29,30)31)32-19-26(34)25(17-20-9-4-3-5-10-20)33-16-15-21-11-6-7-14-24(21)33/h3-16,18,25-26,32,34H,17,19H2,1-2H3/t25-,26+/m0/s1. The number of rotatable bonds is 8. The molecule has 0 aliphatic rings. The number of benzene rings is 3. The van der Waals surface area contributed by atoms with Crippen LogP contribution < -0.4 is 5.32 Å². The molecule has 1 aromatic heterocycles. The van der Waals surface area contributed by atoms with Crippen molar-refractivity contribution in [1.29, 1.82) is 0 Å². The predicted octanol–water partition coefficient (Wildman–Crippen LogP) is 6.33. The summed E-state index contributed by atoms with van der Waals surface area (Å²) in [4.78, 5) is 0. The second kappa shape index (κ2) is 9.65. The van der Waals surface area contributed by atoms with Gasteiger partial charge in [-0.2, -0.15) is 13.2 Å². The van der Waals surface area contributed by atoms with Crippen molar-refractivity contribution in [3.63, 3.8) is 0 Å². The lowest BCUT2D eigenvalue weighted by Crippen LogP contribution is -2.44. The summed E-state index contributed by atoms with van der Waals surface area (Å²) >= 11 is 0. The minimum absolute atomic E-state index is 0.216. The number of hydrogen-bond donors (Lipinski definition) is 2. The Morgan fingerprint density at radius 3 is 2.26 bits per heavy atom. The first-order valence-corrected chi connectivity index (χ1v) is 11.4. The quantitative estimate of drug-likeness (QED) is 0.318. The van der Waals surface area contributed by atoms with Gasteiger partial charge in [-0.25, -0.2) is 0 Å². The number of hydrogen-bond acceptors (Lipinski definition) is 2. The highest BCUT2D eigenvalue weighted by atomic mass is 19.4. The zero-order chi connectivity index (χ0) is 24.3. The summed E-state index contributed by atoms with van der Waals surface area (Å²) in [5.41, 5.74) is 1.20. The van der Waals surface area contributed by atoms with Crippen LogP contribution in [-0.2, 0) is 18.1 Å². The monoisotopic (exact) mass is 466 g/mol. The van der Waals surface area contributed by atoms with Crippen molar-refractivity contribution in [2.45, 2.75) is 44.1 Å². The maximum atomic E-state index is 13.2. The van der Waals surface area contributed by atoms with Crippen molar-refractivity contribution in [3.05, 3.63) is 108 Å². The molecule has 0 bridgehead atoms. The molecule has 0 fully saturated rings. The Morgan fingerprint density at radius 1 is 0.853 bits per heavy atom. The molecule has 2 N–H and O–H groups in total. The van der Waals surface area contributed by atoms with Crippen molar-refractivity contribution in [2.24, 2.45) is 0 Å². The van der Waals surface area contributed by atoms with E-state index in [1.807, 2.05) is 80.7 Å². The maximum absolute atomic E-state index is 13.2. The third-order valence-electron chi connectivity index (χ3n) is 6.38. The summed E-state index contributed by atoms with van der Waals surface area (Å²) in [6.07, 6.45) is -2.57. The summed E-state index contributed by atoms with van der Waals surface area (Å²) in [6.45, 7) is 3.87. The second-order valence-electron chi connectivity index (χ2n) is 9.19. The Bertz CT molecular complexity index is 1230. The van der Waals surface area contributed by atoms with Gasteiger partial charge >= 0.3 is 6.18 Å². The molecule has 4 aromatic rings. The average molecular weight is 467 g/mol. The number of nitrogens with zero attached hydrogens (tertiary/aromatic N) is 1. The summed E-state index contributed by atoms with van der Waals surface area (Å²) in [5, 5.41) is 15.7. The molecular formula is C28H29F3N2O. The lowest BCUT2D eigenvalue weighted by molar-refractivity contribution is -0.137. The van der Waals surface area contributed by atoms with E-state index >= 15 is 0 Å². The maximum Gasteiger partial charge on any atom is 0.416 e. The molecule has 0 unspecified atom stereocenters. The van der Waals surface area contributed by atoms with Gasteiger partial charge in [0.2, 0.25) is 0 Å². The Hall–Kier alpha value is -3.09. The van der Waals surface area contributed by atoms with Crippen LogP contribution >= 0.6 is 0 Å². The SMILES string of the molecule is CC(C)(NC[C@@H](O)[C@H](Cc1ccccc1)n1ccc2ccccc21)c1cccc(C(F)(F)F)c1. The minimum atomic E-state index is -4.40. The van der Waals surface area contributed by atoms with E-state index in [1.54, 1.807) is 6.07 Å². The molecule has 0 spiro atoms. The van der Waals surface area contributed by atoms with Crippen molar-refractivity contribution < 1.29 is 18.3 Å². The van der Waals surface area contributed by atoms with Gasteiger partial charge in [0, 0.05) is 23.8 Å². The fraction of sp³-hybridized carbons (Fsp3) is 0.286. The van der Waals surface area contributed by atoms with Gasteiger partial charge in [0.1, 0.15) is 0 Å². The normalized spacial score (nSPS) is 14.3. The second-order valence-corrected chi connectivity index (χ2v) is 9.19. The van der Waals surface area contributed by atoms with Gasteiger partial charge in [0.25, 0.3) is 0 Å². The van der Waals surface area contributed by atoms with Crippen LogP contribution in [0.3, 0.4) is 0 Å². The number of aromatic nitrogens is 1. The molecule has 0 radical (unpaired) electrons. The molecular weight excluding hydrogens is 437 g/mol. The smallest absolute Gasteiger partial charge is 0.390 e. The highest BCUT2D eigenvalue weighted by Gasteiger charge is 2.32. The van der Waals surface area contributed by atoms with Crippen LogP contribution in [0.5, 0.6) is 0 Å². The molecule has 0 aliphatic heterocycles. The molecule has 4 rings (SSSR count). The lowest BCUT2D eigenvalue weighted by atomic mass is 9.92. The Balaban J connectivity index is 1.58. The first kappa shape index (κ1) is 24.0. The van der Waals surface area contributed by atoms with Gasteiger partial charge in [0.05, 0.1) is 17.7 Å². The summed E-state index contributed by atoms with van der Waals surface area (Å²) in [6, 6.07) is 25.1. The summed E-state index contributed by atoms with van der Waals surface area (Å²) in [7, 11) is 0. The van der Waals surface area contributed by atoms with Gasteiger partial charge in [-0.15, -0.1) is 0 Å². The predicted molar refractivity (Wildman–Crippen MR) is 130 cm³/mol. The van der Waals surface area contributed by atoms with Crippen molar-refractivity contribution in [1.82, 2.24) is 9.88 Å². The van der Waals surface area contributed by atoms with Crippen LogP contribution in [0.4, 0.5) is 13.2 Å². The molecule has 0 saturated heterocycles. The molecule has 3 aromatic carbocycles. The molecule has 0 saturated carbocycles. The molecule has 6 heteroatoms. The molecule has 1 heterocycles. The Kier molecular flexibility index (Phi) is 6.82. The van der Waals surface area contributed by atoms with Crippen molar-refractivity contribution >= 4 is 10.9 Å². The number of aliphatic hydroxyl groups is 1. The zero-order valence-corrected chi connectivity index (χ0v) is 19.3. The topological polar surface area (TPSA) is 37.2 Å². The van der Waals surface area contributed by atoms with E-state index in [1.165, 1.54) is 12.1 Å². The van der Waals surface area contributed by atoms with E-state index in [-0.39, 0.29) is 12.6 Å². The summed E-state index contributed by atoms with van der Waals surface area (Å²) in [5.74, 6) is 0. The van der Waals surface area contributed by atoms with Crippen LogP contribution in [0.25, 0.3) is 10.9 Å². The van der Waals surface area contributed by atoms with Crippen LogP contribution in [0.1, 0.15) is 36.6 Å². The lowest BCUT2D eigenvalue weighted by Gasteiger charge is -2.32. The summed E-state index contributed by atoms with van der Waals surface area (Å²) < 4.78 is 41.7. The van der Waals surface area contributed by atoms with E-state index in [4.69, 9.17) is 0 Å². The van der Waals surface area contributed by atoms with Gasteiger partial charge in [-0.3, -0.25) is 0 Å².